The van der Waals surface area contributed by atoms with Gasteiger partial charge in [0.2, 0.25) is 17.7 Å². The zero-order chi connectivity index (χ0) is 31.6. The van der Waals surface area contributed by atoms with Crippen LogP contribution in [0.1, 0.15) is 35.2 Å². The molecule has 3 aromatic carbocycles. The Bertz CT molecular complexity index is 1480. The fourth-order valence-electron chi connectivity index (χ4n) is 5.54. The number of nitrogens with zero attached hydrogens (tertiary/aromatic N) is 1. The van der Waals surface area contributed by atoms with Crippen molar-refractivity contribution < 1.29 is 33.4 Å². The Hall–Kier alpha value is -5.06. The van der Waals surface area contributed by atoms with Gasteiger partial charge in [-0.2, -0.15) is 0 Å². The van der Waals surface area contributed by atoms with Crippen LogP contribution >= 0.6 is 0 Å². The van der Waals surface area contributed by atoms with E-state index in [-0.39, 0.29) is 50.1 Å². The van der Waals surface area contributed by atoms with Gasteiger partial charge in [-0.1, -0.05) is 42.5 Å². The third kappa shape index (κ3) is 8.31. The van der Waals surface area contributed by atoms with Gasteiger partial charge < -0.3 is 35.1 Å². The van der Waals surface area contributed by atoms with E-state index in [1.165, 1.54) is 0 Å². The van der Waals surface area contributed by atoms with Crippen molar-refractivity contribution in [3.63, 3.8) is 0 Å². The third-order valence-electron chi connectivity index (χ3n) is 7.88. The summed E-state index contributed by atoms with van der Waals surface area (Å²) in [6.45, 7) is 1.02. The van der Waals surface area contributed by atoms with Crippen molar-refractivity contribution in [2.45, 2.75) is 43.8 Å². The SMILES string of the molecule is COc1ccc(OCCNC(=O)[C@@H]2CC(=O)N[C@@H](Cc3ccccc3)C(=O)N3CCC[C@@H]3COc3ccccc3C(=O)N2)cc1. The number of carbonyl (C=O) groups is 4. The molecule has 2 heterocycles. The molecule has 0 aromatic heterocycles. The van der Waals surface area contributed by atoms with Crippen LogP contribution in [-0.4, -0.2) is 80.1 Å². The van der Waals surface area contributed by atoms with Crippen LogP contribution in [0.2, 0.25) is 0 Å². The van der Waals surface area contributed by atoms with Gasteiger partial charge in [0, 0.05) is 13.0 Å². The summed E-state index contributed by atoms with van der Waals surface area (Å²) >= 11 is 0. The molecule has 1 fully saturated rings. The highest BCUT2D eigenvalue weighted by atomic mass is 16.5. The summed E-state index contributed by atoms with van der Waals surface area (Å²) in [6, 6.07) is 20.9. The van der Waals surface area contributed by atoms with Gasteiger partial charge in [0.1, 0.15) is 42.5 Å². The summed E-state index contributed by atoms with van der Waals surface area (Å²) in [6.07, 6.45) is 1.46. The highest BCUT2D eigenvalue weighted by Crippen LogP contribution is 2.24. The quantitative estimate of drug-likeness (QED) is 0.332. The molecule has 0 unspecified atom stereocenters. The number of hydrogen-bond acceptors (Lipinski definition) is 7. The number of nitrogens with one attached hydrogen (secondary N) is 3. The summed E-state index contributed by atoms with van der Waals surface area (Å²) in [4.78, 5) is 55.9. The largest absolute Gasteiger partial charge is 0.497 e. The Morgan fingerprint density at radius 3 is 2.47 bits per heavy atom. The fourth-order valence-corrected chi connectivity index (χ4v) is 5.54. The zero-order valence-electron chi connectivity index (χ0n) is 25.2. The van der Waals surface area contributed by atoms with E-state index < -0.39 is 29.8 Å². The van der Waals surface area contributed by atoms with Crippen molar-refractivity contribution in [3.05, 3.63) is 90.0 Å². The van der Waals surface area contributed by atoms with Gasteiger partial charge >= 0.3 is 0 Å². The predicted octanol–water partition coefficient (Wildman–Crippen LogP) is 2.49. The summed E-state index contributed by atoms with van der Waals surface area (Å²) < 4.78 is 16.9. The molecular weight excluding hydrogens is 576 g/mol. The molecule has 3 aromatic rings. The number of methoxy groups -OCH3 is 1. The van der Waals surface area contributed by atoms with E-state index in [1.54, 1.807) is 60.5 Å². The first-order chi connectivity index (χ1) is 21.9. The Kier molecular flexibility index (Phi) is 10.5. The second-order valence-electron chi connectivity index (χ2n) is 11.0. The maximum absolute atomic E-state index is 13.9. The maximum atomic E-state index is 13.9. The Morgan fingerprint density at radius 2 is 1.69 bits per heavy atom. The van der Waals surface area contributed by atoms with Crippen molar-refractivity contribution in [3.8, 4) is 17.2 Å². The molecule has 11 heteroatoms. The maximum Gasteiger partial charge on any atom is 0.255 e. The molecular formula is C34H38N4O7. The molecule has 11 nitrogen and oxygen atoms in total. The van der Waals surface area contributed by atoms with E-state index in [4.69, 9.17) is 14.2 Å². The smallest absolute Gasteiger partial charge is 0.255 e. The number of rotatable bonds is 8. The molecule has 45 heavy (non-hydrogen) atoms. The van der Waals surface area contributed by atoms with Crippen molar-refractivity contribution in [2.24, 2.45) is 0 Å². The van der Waals surface area contributed by atoms with Crippen molar-refractivity contribution in [2.75, 3.05) is 33.4 Å². The van der Waals surface area contributed by atoms with Gasteiger partial charge in [0.15, 0.2) is 0 Å². The minimum absolute atomic E-state index is 0.129. The lowest BCUT2D eigenvalue weighted by Crippen LogP contribution is -2.54. The first kappa shape index (κ1) is 31.4. The van der Waals surface area contributed by atoms with Gasteiger partial charge in [-0.05, 0) is 54.8 Å². The zero-order valence-corrected chi connectivity index (χ0v) is 25.2. The van der Waals surface area contributed by atoms with Crippen LogP contribution < -0.4 is 30.2 Å². The monoisotopic (exact) mass is 614 g/mol. The van der Waals surface area contributed by atoms with Crippen LogP contribution in [0.4, 0.5) is 0 Å². The molecule has 3 atom stereocenters. The van der Waals surface area contributed by atoms with E-state index in [0.717, 1.165) is 18.4 Å². The first-order valence-electron chi connectivity index (χ1n) is 15.1. The molecule has 0 saturated carbocycles. The molecule has 2 aliphatic heterocycles. The number of fused-ring (bicyclic) bond motifs is 2. The van der Waals surface area contributed by atoms with E-state index in [1.807, 2.05) is 30.3 Å². The molecule has 236 valence electrons. The molecule has 4 amide bonds. The van der Waals surface area contributed by atoms with Crippen LogP contribution in [0.15, 0.2) is 78.9 Å². The van der Waals surface area contributed by atoms with E-state index in [9.17, 15) is 19.2 Å². The first-order valence-corrected chi connectivity index (χ1v) is 15.1. The second kappa shape index (κ2) is 15.1. The molecule has 0 radical (unpaired) electrons. The molecule has 0 bridgehead atoms. The highest BCUT2D eigenvalue weighted by Gasteiger charge is 2.36. The topological polar surface area (TPSA) is 135 Å². The van der Waals surface area contributed by atoms with Gasteiger partial charge in [0.25, 0.3) is 5.91 Å². The molecule has 2 aliphatic rings. The summed E-state index contributed by atoms with van der Waals surface area (Å²) in [5, 5.41) is 8.32. The van der Waals surface area contributed by atoms with E-state index in [2.05, 4.69) is 16.0 Å². The summed E-state index contributed by atoms with van der Waals surface area (Å²) in [5.74, 6) is -0.220. The summed E-state index contributed by atoms with van der Waals surface area (Å²) in [5.41, 5.74) is 1.12. The molecule has 1 saturated heterocycles. The molecule has 0 aliphatic carbocycles. The highest BCUT2D eigenvalue weighted by molar-refractivity contribution is 6.01. The Balaban J connectivity index is 1.34. The predicted molar refractivity (Wildman–Crippen MR) is 166 cm³/mol. The number of amides is 4. The van der Waals surface area contributed by atoms with Crippen molar-refractivity contribution in [1.82, 2.24) is 20.9 Å². The van der Waals surface area contributed by atoms with Gasteiger partial charge in [-0.25, -0.2) is 0 Å². The molecule has 3 N–H and O–H groups in total. The normalized spacial score (nSPS) is 20.4. The van der Waals surface area contributed by atoms with E-state index in [0.29, 0.717) is 23.8 Å². The Labute approximate surface area is 262 Å². The van der Waals surface area contributed by atoms with Crippen LogP contribution in [0.3, 0.4) is 0 Å². The van der Waals surface area contributed by atoms with Crippen molar-refractivity contribution in [1.29, 1.82) is 0 Å². The lowest BCUT2D eigenvalue weighted by atomic mass is 10.0. The molecule has 5 rings (SSSR count). The number of ether oxygens (including phenoxy) is 3. The summed E-state index contributed by atoms with van der Waals surface area (Å²) in [7, 11) is 1.58. The minimum Gasteiger partial charge on any atom is -0.497 e. The number of carbonyl (C=O) groups excluding carboxylic acids is 4. The number of hydrogen-bond donors (Lipinski definition) is 3. The average Bonchev–Trinajstić information content (AvgIpc) is 3.54. The third-order valence-corrected chi connectivity index (χ3v) is 7.88. The average molecular weight is 615 g/mol. The van der Waals surface area contributed by atoms with Gasteiger partial charge in [0.05, 0.1) is 31.7 Å². The van der Waals surface area contributed by atoms with E-state index >= 15 is 0 Å². The number of benzene rings is 3. The lowest BCUT2D eigenvalue weighted by Gasteiger charge is -2.30. The van der Waals surface area contributed by atoms with Crippen LogP contribution in [0.5, 0.6) is 17.2 Å². The van der Waals surface area contributed by atoms with Crippen molar-refractivity contribution >= 4 is 23.6 Å². The second-order valence-corrected chi connectivity index (χ2v) is 11.0. The van der Waals surface area contributed by atoms with Crippen LogP contribution in [0, 0.1) is 0 Å². The fraction of sp³-hybridized carbons (Fsp3) is 0.353. The Morgan fingerprint density at radius 1 is 0.956 bits per heavy atom. The van der Waals surface area contributed by atoms with Crippen LogP contribution in [-0.2, 0) is 20.8 Å². The van der Waals surface area contributed by atoms with Gasteiger partial charge in [-0.15, -0.1) is 0 Å². The lowest BCUT2D eigenvalue weighted by molar-refractivity contribution is -0.138. The number of para-hydroxylation sites is 1. The van der Waals surface area contributed by atoms with Crippen LogP contribution in [0.25, 0.3) is 0 Å². The molecule has 0 spiro atoms. The standard InChI is InChI=1S/C34H38N4O7/c1-43-25-13-15-26(16-14-25)44-19-17-35-33(41)28-21-31(39)36-29(20-23-8-3-2-4-9-23)34(42)38-18-7-10-24(38)22-45-30-12-6-5-11-27(30)32(40)37-28/h2-6,8-9,11-16,24,28-29H,7,10,17-22H2,1H3,(H,35,41)(H,36,39)(H,37,40)/t24-,28+,29+/m1/s1. The van der Waals surface area contributed by atoms with Gasteiger partial charge in [-0.3, -0.25) is 19.2 Å². The minimum atomic E-state index is -1.22.